The van der Waals surface area contributed by atoms with Gasteiger partial charge in [0.1, 0.15) is 11.8 Å². The number of alkyl halides is 3. The van der Waals surface area contributed by atoms with Gasteiger partial charge < -0.3 is 15.2 Å². The number of ether oxygens (including phenoxy) is 1. The van der Waals surface area contributed by atoms with Crippen LogP contribution in [0.4, 0.5) is 18.9 Å². The minimum atomic E-state index is -4.86. The second kappa shape index (κ2) is 9.59. The largest absolute Gasteiger partial charge is 0.573 e. The Labute approximate surface area is 205 Å². The summed E-state index contributed by atoms with van der Waals surface area (Å²) in [7, 11) is 0. The SMILES string of the molecule is N#Cc1cc(C(=O)Nc2cccc3ncn(Cc4cccc(OC(F)(F)F)c4)c(=O)c23)cc(Cl)c1O. The average molecular weight is 515 g/mol. The van der Waals surface area contributed by atoms with Gasteiger partial charge in [0.25, 0.3) is 11.5 Å². The first-order chi connectivity index (χ1) is 17.1. The van der Waals surface area contributed by atoms with Crippen molar-refractivity contribution in [2.75, 3.05) is 5.32 Å². The van der Waals surface area contributed by atoms with E-state index in [2.05, 4.69) is 15.0 Å². The Balaban J connectivity index is 1.68. The van der Waals surface area contributed by atoms with Crippen molar-refractivity contribution in [3.8, 4) is 17.6 Å². The molecule has 1 amide bonds. The Morgan fingerprint density at radius 1 is 1.19 bits per heavy atom. The van der Waals surface area contributed by atoms with Gasteiger partial charge in [-0.25, -0.2) is 4.98 Å². The summed E-state index contributed by atoms with van der Waals surface area (Å²) in [6.07, 6.45) is -3.62. The predicted molar refractivity (Wildman–Crippen MR) is 124 cm³/mol. The number of amides is 1. The minimum absolute atomic E-state index is 0.0305. The van der Waals surface area contributed by atoms with Gasteiger partial charge in [0.05, 0.1) is 40.0 Å². The highest BCUT2D eigenvalue weighted by molar-refractivity contribution is 6.32. The van der Waals surface area contributed by atoms with Crippen LogP contribution in [0.15, 0.2) is 65.7 Å². The van der Waals surface area contributed by atoms with Crippen molar-refractivity contribution < 1.29 is 27.8 Å². The van der Waals surface area contributed by atoms with Crippen LogP contribution in [0.5, 0.6) is 11.5 Å². The average Bonchev–Trinajstić information content (AvgIpc) is 2.81. The Morgan fingerprint density at radius 2 is 1.94 bits per heavy atom. The Morgan fingerprint density at radius 3 is 2.67 bits per heavy atom. The summed E-state index contributed by atoms with van der Waals surface area (Å²) in [6.45, 7) is -0.113. The summed E-state index contributed by atoms with van der Waals surface area (Å²) in [4.78, 5) is 30.3. The molecule has 4 aromatic rings. The molecule has 1 heterocycles. The number of anilines is 1. The molecule has 1 aromatic heterocycles. The van der Waals surface area contributed by atoms with E-state index in [0.29, 0.717) is 5.56 Å². The van der Waals surface area contributed by atoms with Crippen LogP contribution in [0.1, 0.15) is 21.5 Å². The van der Waals surface area contributed by atoms with Crippen LogP contribution in [-0.4, -0.2) is 26.9 Å². The molecule has 0 aliphatic heterocycles. The zero-order valence-corrected chi connectivity index (χ0v) is 18.8. The van der Waals surface area contributed by atoms with Crippen molar-refractivity contribution in [2.24, 2.45) is 0 Å². The van der Waals surface area contributed by atoms with Crippen LogP contribution in [0, 0.1) is 11.3 Å². The second-order valence-corrected chi connectivity index (χ2v) is 7.90. The lowest BCUT2D eigenvalue weighted by atomic mass is 10.1. The highest BCUT2D eigenvalue weighted by Gasteiger charge is 2.31. The molecule has 0 aliphatic rings. The zero-order chi connectivity index (χ0) is 26.0. The molecule has 2 N–H and O–H groups in total. The summed E-state index contributed by atoms with van der Waals surface area (Å²) >= 11 is 5.89. The fourth-order valence-corrected chi connectivity index (χ4v) is 3.68. The van der Waals surface area contributed by atoms with Gasteiger partial charge in [0.15, 0.2) is 5.75 Å². The number of carbonyl (C=O) groups excluding carboxylic acids is 1. The molecule has 0 saturated heterocycles. The number of aromatic hydroxyl groups is 1. The lowest BCUT2D eigenvalue weighted by molar-refractivity contribution is -0.274. The number of aromatic nitrogens is 2. The van der Waals surface area contributed by atoms with Crippen LogP contribution >= 0.6 is 11.6 Å². The van der Waals surface area contributed by atoms with Gasteiger partial charge in [0.2, 0.25) is 0 Å². The maximum atomic E-state index is 13.2. The Kier molecular flexibility index (Phi) is 6.55. The highest BCUT2D eigenvalue weighted by Crippen LogP contribution is 2.29. The van der Waals surface area contributed by atoms with Crippen molar-refractivity contribution in [3.63, 3.8) is 0 Å². The third-order valence-electron chi connectivity index (χ3n) is 5.03. The molecule has 0 fully saturated rings. The molecule has 36 heavy (non-hydrogen) atoms. The maximum Gasteiger partial charge on any atom is 0.573 e. The van der Waals surface area contributed by atoms with E-state index in [1.54, 1.807) is 18.2 Å². The van der Waals surface area contributed by atoms with Crippen molar-refractivity contribution in [1.29, 1.82) is 5.26 Å². The molecule has 0 saturated carbocycles. The molecule has 182 valence electrons. The molecule has 0 unspecified atom stereocenters. The predicted octanol–water partition coefficient (Wildman–Crippen LogP) is 4.83. The standard InChI is InChI=1S/C24H14ClF3N4O4/c25-17-9-14(8-15(10-29)21(17)33)22(34)31-19-6-2-5-18-20(19)23(35)32(12-30-18)11-13-3-1-4-16(7-13)36-24(26,27)28/h1-9,12,33H,11H2,(H,31,34). The van der Waals surface area contributed by atoms with Crippen LogP contribution < -0.4 is 15.6 Å². The van der Waals surface area contributed by atoms with Crippen molar-refractivity contribution in [2.45, 2.75) is 12.9 Å². The third kappa shape index (κ3) is 5.24. The quantitative estimate of drug-likeness (QED) is 0.394. The number of nitrogens with one attached hydrogen (secondary N) is 1. The normalized spacial score (nSPS) is 11.2. The monoisotopic (exact) mass is 514 g/mol. The smallest absolute Gasteiger partial charge is 0.505 e. The second-order valence-electron chi connectivity index (χ2n) is 7.49. The lowest BCUT2D eigenvalue weighted by Gasteiger charge is -2.13. The Hall–Kier alpha value is -4.56. The van der Waals surface area contributed by atoms with Crippen LogP contribution in [0.2, 0.25) is 5.02 Å². The molecule has 0 aliphatic carbocycles. The zero-order valence-electron chi connectivity index (χ0n) is 18.0. The van der Waals surface area contributed by atoms with E-state index in [9.17, 15) is 27.9 Å². The first-order valence-electron chi connectivity index (χ1n) is 10.1. The number of fused-ring (bicyclic) bond motifs is 1. The summed E-state index contributed by atoms with van der Waals surface area (Å²) < 4.78 is 42.7. The van der Waals surface area contributed by atoms with Gasteiger partial charge in [-0.15, -0.1) is 13.2 Å². The molecule has 8 nitrogen and oxygen atoms in total. The van der Waals surface area contributed by atoms with Gasteiger partial charge in [-0.1, -0.05) is 29.8 Å². The third-order valence-corrected chi connectivity index (χ3v) is 5.32. The van der Waals surface area contributed by atoms with Crippen molar-refractivity contribution in [3.05, 3.63) is 93.0 Å². The molecule has 0 atom stereocenters. The van der Waals surface area contributed by atoms with Gasteiger partial charge in [-0.2, -0.15) is 5.26 Å². The molecule has 0 bridgehead atoms. The number of nitrogens with zero attached hydrogens (tertiary/aromatic N) is 3. The van der Waals surface area contributed by atoms with E-state index in [1.807, 2.05) is 0 Å². The fourth-order valence-electron chi connectivity index (χ4n) is 3.46. The molecular weight excluding hydrogens is 501 g/mol. The molecule has 0 spiro atoms. The van der Waals surface area contributed by atoms with E-state index < -0.39 is 29.3 Å². The topological polar surface area (TPSA) is 117 Å². The molecule has 4 rings (SSSR count). The summed E-state index contributed by atoms with van der Waals surface area (Å²) in [5.74, 6) is -1.59. The fraction of sp³-hybridized carbons (Fsp3) is 0.0833. The number of hydrogen-bond donors (Lipinski definition) is 2. The number of phenolic OH excluding ortho intramolecular Hbond substituents is 1. The van der Waals surface area contributed by atoms with Crippen LogP contribution in [-0.2, 0) is 6.54 Å². The number of benzene rings is 3. The molecule has 3 aromatic carbocycles. The van der Waals surface area contributed by atoms with E-state index in [4.69, 9.17) is 16.9 Å². The van der Waals surface area contributed by atoms with Crippen LogP contribution in [0.25, 0.3) is 10.9 Å². The van der Waals surface area contributed by atoms with E-state index in [0.717, 1.165) is 18.2 Å². The maximum absolute atomic E-state index is 13.2. The van der Waals surface area contributed by atoms with Gasteiger partial charge in [-0.3, -0.25) is 14.2 Å². The van der Waals surface area contributed by atoms with Gasteiger partial charge >= 0.3 is 6.36 Å². The lowest BCUT2D eigenvalue weighted by Crippen LogP contribution is -2.23. The van der Waals surface area contributed by atoms with E-state index >= 15 is 0 Å². The molecule has 0 radical (unpaired) electrons. The number of hydrogen-bond acceptors (Lipinski definition) is 6. The number of rotatable bonds is 5. The summed E-state index contributed by atoms with van der Waals surface area (Å²) in [6, 6.07) is 13.8. The van der Waals surface area contributed by atoms with Gasteiger partial charge in [-0.05, 0) is 42.0 Å². The first kappa shape index (κ1) is 24.6. The van der Waals surface area contributed by atoms with Gasteiger partial charge in [0, 0.05) is 5.56 Å². The summed E-state index contributed by atoms with van der Waals surface area (Å²) in [5, 5.41) is 21.4. The Bertz CT molecular complexity index is 1600. The molecular formula is C24H14ClF3N4O4. The van der Waals surface area contributed by atoms with Crippen molar-refractivity contribution >= 4 is 34.1 Å². The highest BCUT2D eigenvalue weighted by atomic mass is 35.5. The molecule has 12 heteroatoms. The van der Waals surface area contributed by atoms with Crippen molar-refractivity contribution in [1.82, 2.24) is 9.55 Å². The summed E-state index contributed by atoms with van der Waals surface area (Å²) in [5.41, 5.74) is -0.0574. The minimum Gasteiger partial charge on any atom is -0.505 e. The van der Waals surface area contributed by atoms with E-state index in [-0.39, 0.29) is 39.3 Å². The van der Waals surface area contributed by atoms with Crippen LogP contribution in [0.3, 0.4) is 0 Å². The number of nitriles is 1. The number of carbonyl (C=O) groups is 1. The number of halogens is 4. The number of phenols is 1. The van der Waals surface area contributed by atoms with E-state index in [1.165, 1.54) is 35.2 Å². The first-order valence-corrected chi connectivity index (χ1v) is 10.5.